The summed E-state index contributed by atoms with van der Waals surface area (Å²) in [5.41, 5.74) is 5.97. The first kappa shape index (κ1) is 21.9. The van der Waals surface area contributed by atoms with Gasteiger partial charge in [0.25, 0.3) is 0 Å². The number of allylic oxidation sites excluding steroid dienone is 1. The van der Waals surface area contributed by atoms with Crippen LogP contribution >= 0.6 is 0 Å². The fourth-order valence-electron chi connectivity index (χ4n) is 2.83. The Kier molecular flexibility index (Phi) is 8.93. The maximum absolute atomic E-state index is 12.0. The Morgan fingerprint density at radius 1 is 1.32 bits per heavy atom. The second kappa shape index (κ2) is 11.4. The van der Waals surface area contributed by atoms with E-state index in [4.69, 9.17) is 9.57 Å². The van der Waals surface area contributed by atoms with Crippen LogP contribution in [0.15, 0.2) is 24.3 Å². The van der Waals surface area contributed by atoms with Crippen molar-refractivity contribution in [1.29, 1.82) is 0 Å². The van der Waals surface area contributed by atoms with Crippen molar-refractivity contribution in [2.24, 2.45) is 0 Å². The van der Waals surface area contributed by atoms with Crippen molar-refractivity contribution in [2.75, 3.05) is 44.9 Å². The zero-order valence-corrected chi connectivity index (χ0v) is 16.8. The molecule has 1 saturated heterocycles. The van der Waals surface area contributed by atoms with Gasteiger partial charge in [0.15, 0.2) is 0 Å². The number of hydrogen-bond donors (Lipinski definition) is 3. The van der Waals surface area contributed by atoms with Gasteiger partial charge >= 0.3 is 6.03 Å². The van der Waals surface area contributed by atoms with Crippen molar-refractivity contribution < 1.29 is 19.2 Å². The smallest absolute Gasteiger partial charge is 0.321 e. The molecule has 1 aliphatic heterocycles. The van der Waals surface area contributed by atoms with E-state index in [9.17, 15) is 9.59 Å². The van der Waals surface area contributed by atoms with Crippen molar-refractivity contribution in [3.63, 3.8) is 0 Å². The predicted molar refractivity (Wildman–Crippen MR) is 109 cm³/mol. The van der Waals surface area contributed by atoms with Gasteiger partial charge in [0, 0.05) is 18.7 Å². The number of benzene rings is 1. The summed E-state index contributed by atoms with van der Waals surface area (Å²) in [5.74, 6) is -0.332. The molecule has 1 unspecified atom stereocenters. The zero-order chi connectivity index (χ0) is 20.4. The molecule has 1 heterocycles. The third-order valence-corrected chi connectivity index (χ3v) is 4.27. The highest BCUT2D eigenvalue weighted by atomic mass is 16.6. The van der Waals surface area contributed by atoms with E-state index in [0.29, 0.717) is 26.3 Å². The number of morpholine rings is 1. The maximum atomic E-state index is 12.0. The maximum Gasteiger partial charge on any atom is 0.321 e. The van der Waals surface area contributed by atoms with Crippen LogP contribution in [0.3, 0.4) is 0 Å². The second-order valence-corrected chi connectivity index (χ2v) is 6.76. The first-order chi connectivity index (χ1) is 13.5. The molecule has 154 valence electrons. The molecule has 3 amide bonds. The SMILES string of the molecule is C/C=C\c1c(C)cccc1NOCC(C)NC(=O)NC(=O)CN1CCOCC1. The van der Waals surface area contributed by atoms with E-state index in [2.05, 4.69) is 16.1 Å². The fourth-order valence-corrected chi connectivity index (χ4v) is 2.83. The average molecular weight is 390 g/mol. The lowest BCUT2D eigenvalue weighted by molar-refractivity contribution is -0.122. The molecule has 0 aromatic heterocycles. The summed E-state index contributed by atoms with van der Waals surface area (Å²) >= 11 is 0. The van der Waals surface area contributed by atoms with E-state index in [1.165, 1.54) is 0 Å². The van der Waals surface area contributed by atoms with Gasteiger partial charge in [0.1, 0.15) is 0 Å². The molecule has 1 atom stereocenters. The number of carbonyl (C=O) groups is 2. The van der Waals surface area contributed by atoms with Crippen LogP contribution in [0.25, 0.3) is 6.08 Å². The largest absolute Gasteiger partial charge is 0.379 e. The van der Waals surface area contributed by atoms with Crippen molar-refractivity contribution in [3.05, 3.63) is 35.4 Å². The zero-order valence-electron chi connectivity index (χ0n) is 16.8. The van der Waals surface area contributed by atoms with Crippen LogP contribution in [0.2, 0.25) is 0 Å². The molecule has 28 heavy (non-hydrogen) atoms. The number of nitrogens with zero attached hydrogens (tertiary/aromatic N) is 1. The number of nitrogens with one attached hydrogen (secondary N) is 3. The molecule has 0 spiro atoms. The van der Waals surface area contributed by atoms with Crippen molar-refractivity contribution in [2.45, 2.75) is 26.8 Å². The van der Waals surface area contributed by atoms with E-state index in [1.54, 1.807) is 6.92 Å². The van der Waals surface area contributed by atoms with Crippen LogP contribution in [0.4, 0.5) is 10.5 Å². The molecule has 0 saturated carbocycles. The lowest BCUT2D eigenvalue weighted by Gasteiger charge is -2.25. The minimum atomic E-state index is -0.528. The molecule has 2 rings (SSSR count). The second-order valence-electron chi connectivity index (χ2n) is 6.76. The molecule has 0 aliphatic carbocycles. The van der Waals surface area contributed by atoms with Gasteiger partial charge in [0.05, 0.1) is 38.1 Å². The van der Waals surface area contributed by atoms with E-state index in [-0.39, 0.29) is 25.1 Å². The number of hydrogen-bond acceptors (Lipinski definition) is 6. The summed E-state index contributed by atoms with van der Waals surface area (Å²) in [6.07, 6.45) is 3.98. The summed E-state index contributed by atoms with van der Waals surface area (Å²) in [6, 6.07) is 5.10. The van der Waals surface area contributed by atoms with Gasteiger partial charge in [-0.1, -0.05) is 24.3 Å². The third-order valence-electron chi connectivity index (χ3n) is 4.27. The first-order valence-corrected chi connectivity index (χ1v) is 9.50. The van der Waals surface area contributed by atoms with Crippen LogP contribution in [-0.2, 0) is 14.4 Å². The molecule has 0 bridgehead atoms. The first-order valence-electron chi connectivity index (χ1n) is 9.50. The van der Waals surface area contributed by atoms with Crippen LogP contribution < -0.4 is 16.1 Å². The van der Waals surface area contributed by atoms with E-state index in [0.717, 1.165) is 16.8 Å². The molecule has 3 N–H and O–H groups in total. The summed E-state index contributed by atoms with van der Waals surface area (Å²) in [6.45, 7) is 8.83. The molecular formula is C20H30N4O4. The van der Waals surface area contributed by atoms with Gasteiger partial charge in [-0.15, -0.1) is 0 Å². The average Bonchev–Trinajstić information content (AvgIpc) is 2.65. The van der Waals surface area contributed by atoms with Crippen LogP contribution in [-0.4, -0.2) is 62.3 Å². The Morgan fingerprint density at radius 3 is 2.79 bits per heavy atom. The molecule has 0 radical (unpaired) electrons. The number of imide groups is 1. The Balaban J connectivity index is 1.70. The molecule has 8 nitrogen and oxygen atoms in total. The lowest BCUT2D eigenvalue weighted by Crippen LogP contribution is -2.49. The van der Waals surface area contributed by atoms with Crippen LogP contribution in [0.5, 0.6) is 0 Å². The number of rotatable bonds is 8. The number of amides is 3. The number of urea groups is 1. The van der Waals surface area contributed by atoms with Crippen molar-refractivity contribution in [3.8, 4) is 0 Å². The minimum Gasteiger partial charge on any atom is -0.379 e. The summed E-state index contributed by atoms with van der Waals surface area (Å²) in [5, 5.41) is 5.04. The Labute approximate surface area is 166 Å². The van der Waals surface area contributed by atoms with E-state index >= 15 is 0 Å². The molecule has 1 aromatic rings. The van der Waals surface area contributed by atoms with E-state index in [1.807, 2.05) is 49.1 Å². The van der Waals surface area contributed by atoms with Gasteiger partial charge in [-0.25, -0.2) is 4.79 Å². The fraction of sp³-hybridized carbons (Fsp3) is 0.500. The molecular weight excluding hydrogens is 360 g/mol. The number of aryl methyl sites for hydroxylation is 1. The molecule has 1 aromatic carbocycles. The molecule has 1 fully saturated rings. The number of carbonyl (C=O) groups excluding carboxylic acids is 2. The monoisotopic (exact) mass is 390 g/mol. The molecule has 1 aliphatic rings. The summed E-state index contributed by atoms with van der Waals surface area (Å²) in [4.78, 5) is 31.3. The number of anilines is 1. The minimum absolute atomic E-state index is 0.185. The van der Waals surface area contributed by atoms with Crippen LogP contribution in [0, 0.1) is 6.92 Å². The number of ether oxygens (including phenoxy) is 1. The predicted octanol–water partition coefficient (Wildman–Crippen LogP) is 1.92. The van der Waals surface area contributed by atoms with E-state index < -0.39 is 6.03 Å². The highest BCUT2D eigenvalue weighted by Gasteiger charge is 2.16. The van der Waals surface area contributed by atoms with Gasteiger partial charge in [-0.05, 0) is 32.4 Å². The van der Waals surface area contributed by atoms with Gasteiger partial charge in [-0.2, -0.15) is 0 Å². The summed E-state index contributed by atoms with van der Waals surface area (Å²) < 4.78 is 5.24. The quantitative estimate of drug-likeness (QED) is 0.588. The molecule has 8 heteroatoms. The van der Waals surface area contributed by atoms with Gasteiger partial charge < -0.3 is 10.1 Å². The highest BCUT2D eigenvalue weighted by Crippen LogP contribution is 2.21. The van der Waals surface area contributed by atoms with Gasteiger partial charge in [-0.3, -0.25) is 25.3 Å². The van der Waals surface area contributed by atoms with Gasteiger partial charge in [0.2, 0.25) is 5.91 Å². The lowest BCUT2D eigenvalue weighted by atomic mass is 10.1. The Morgan fingerprint density at radius 2 is 2.07 bits per heavy atom. The topological polar surface area (TPSA) is 91.9 Å². The third kappa shape index (κ3) is 7.30. The van der Waals surface area contributed by atoms with Crippen LogP contribution in [0.1, 0.15) is 25.0 Å². The standard InChI is InChI=1S/C20H30N4O4/c1-4-6-17-15(2)7-5-8-18(17)23-28-14-16(3)21-20(26)22-19(25)13-24-9-11-27-12-10-24/h4-8,16,23H,9-14H2,1-3H3,(H2,21,22,25,26)/b6-4-. The van der Waals surface area contributed by atoms with Crippen molar-refractivity contribution in [1.82, 2.24) is 15.5 Å². The summed E-state index contributed by atoms with van der Waals surface area (Å²) in [7, 11) is 0. The normalized spacial score (nSPS) is 16.0. The highest BCUT2D eigenvalue weighted by molar-refractivity contribution is 5.95. The van der Waals surface area contributed by atoms with Crippen molar-refractivity contribution >= 4 is 23.7 Å². The Bertz CT molecular complexity index is 687. The Hall–Kier alpha value is -2.42.